The van der Waals surface area contributed by atoms with E-state index in [9.17, 15) is 19.2 Å². The molecule has 0 rings (SSSR count). The first-order chi connectivity index (χ1) is 7.45. The van der Waals surface area contributed by atoms with E-state index in [1.165, 1.54) is 0 Å². The molecule has 0 unspecified atom stereocenters. The molecule has 0 bridgehead atoms. The summed E-state index contributed by atoms with van der Waals surface area (Å²) in [6, 6.07) is 0. The number of methoxy groups -OCH3 is 1. The first-order valence-corrected chi connectivity index (χ1v) is 5.78. The Labute approximate surface area is 99.9 Å². The maximum atomic E-state index is 10.9. The molecular weight excluding hydrogens is 339 g/mol. The van der Waals surface area contributed by atoms with E-state index in [1.54, 1.807) is 11.0 Å². The van der Waals surface area contributed by atoms with Crippen LogP contribution in [0.3, 0.4) is 0 Å². The van der Waals surface area contributed by atoms with Gasteiger partial charge in [0.05, 0.1) is 0 Å². The topological polar surface area (TPSA) is 120 Å². The van der Waals surface area contributed by atoms with Gasteiger partial charge in [0, 0.05) is 0 Å². The van der Waals surface area contributed by atoms with Gasteiger partial charge in [0.1, 0.15) is 0 Å². The zero-order valence-electron chi connectivity index (χ0n) is 8.24. The number of hydroxylamine groups is 2. The molecule has 0 aromatic carbocycles. The van der Waals surface area contributed by atoms with Gasteiger partial charge in [-0.15, -0.1) is 0 Å². The molecule has 0 radical (unpaired) electrons. The number of nitrogens with one attached hydrogen (secondary N) is 2. The van der Waals surface area contributed by atoms with Crippen molar-refractivity contribution in [3.63, 3.8) is 0 Å². The van der Waals surface area contributed by atoms with Gasteiger partial charge in [0.2, 0.25) is 0 Å². The first-order valence-electron chi connectivity index (χ1n) is 3.62. The average molecular weight is 347 g/mol. The van der Waals surface area contributed by atoms with Crippen LogP contribution in [0.2, 0.25) is 0 Å². The zero-order chi connectivity index (χ0) is 12.6. The van der Waals surface area contributed by atoms with E-state index in [0.29, 0.717) is 0 Å². The van der Waals surface area contributed by atoms with Crippen molar-refractivity contribution in [1.82, 2.24) is 11.0 Å². The number of halogens is 1. The van der Waals surface area contributed by atoms with Gasteiger partial charge in [-0.05, 0) is 0 Å². The van der Waals surface area contributed by atoms with Crippen molar-refractivity contribution < 1.29 is 54.8 Å². The molecule has 0 atom stereocenters. The molecule has 2 N–H and O–H groups in total. The SMILES string of the molecule is COC(=O)NOC(=O)[I-]C(=O)ONC(C)=O. The maximum absolute atomic E-state index is 10.9. The summed E-state index contributed by atoms with van der Waals surface area (Å²) in [7, 11) is 1.07. The van der Waals surface area contributed by atoms with Crippen LogP contribution in [0.25, 0.3) is 0 Å². The molecular formula is C6H8IN2O7-. The first kappa shape index (κ1) is 14.4. The van der Waals surface area contributed by atoms with Crippen molar-refractivity contribution in [1.29, 1.82) is 0 Å². The Morgan fingerprint density at radius 1 is 1.00 bits per heavy atom. The predicted molar refractivity (Wildman–Crippen MR) is 42.3 cm³/mol. The van der Waals surface area contributed by atoms with Gasteiger partial charge < -0.3 is 0 Å². The van der Waals surface area contributed by atoms with Crippen LogP contribution in [0.4, 0.5) is 14.4 Å². The quantitative estimate of drug-likeness (QED) is 0.232. The van der Waals surface area contributed by atoms with Crippen LogP contribution in [-0.4, -0.2) is 27.1 Å². The van der Waals surface area contributed by atoms with Crippen LogP contribution in [0.1, 0.15) is 6.92 Å². The molecule has 0 heterocycles. The number of carbonyl (C=O) groups excluding carboxylic acids is 4. The summed E-state index contributed by atoms with van der Waals surface area (Å²) in [5, 5.41) is 0. The van der Waals surface area contributed by atoms with Gasteiger partial charge >= 0.3 is 99.7 Å². The third-order valence-corrected chi connectivity index (χ3v) is 2.15. The zero-order valence-corrected chi connectivity index (χ0v) is 10.4. The molecule has 16 heavy (non-hydrogen) atoms. The number of carbonyl (C=O) groups is 4. The Morgan fingerprint density at radius 2 is 1.50 bits per heavy atom. The van der Waals surface area contributed by atoms with Crippen LogP contribution in [0.5, 0.6) is 0 Å². The molecule has 0 aliphatic heterocycles. The summed E-state index contributed by atoms with van der Waals surface area (Å²) in [5.41, 5.74) is 3.37. The fraction of sp³-hybridized carbons (Fsp3) is 0.333. The van der Waals surface area contributed by atoms with Crippen LogP contribution in [0.15, 0.2) is 0 Å². The van der Waals surface area contributed by atoms with Crippen LogP contribution in [0, 0.1) is 0 Å². The molecule has 10 heteroatoms. The van der Waals surface area contributed by atoms with Crippen LogP contribution < -0.4 is 32.2 Å². The van der Waals surface area contributed by atoms with Gasteiger partial charge in [-0.25, -0.2) is 0 Å². The molecule has 0 aliphatic rings. The van der Waals surface area contributed by atoms with Crippen molar-refractivity contribution in [2.24, 2.45) is 0 Å². The monoisotopic (exact) mass is 347 g/mol. The standard InChI is InChI=1S/C6H8IN2O7/c1-3(10)8-15-4(11)7-5(12)16-9-6(13)14-2/h1-2H3,(H,8,10)(H,9,13)/q-1. The van der Waals surface area contributed by atoms with E-state index >= 15 is 0 Å². The normalized spacial score (nSPS) is 8.88. The molecule has 0 saturated heterocycles. The summed E-state index contributed by atoms with van der Waals surface area (Å²) in [6.07, 6.45) is -0.979. The Kier molecular flexibility index (Phi) is 6.91. The molecule has 0 aliphatic carbocycles. The Bertz CT molecular complexity index is 305. The van der Waals surface area contributed by atoms with E-state index in [-0.39, 0.29) is 0 Å². The van der Waals surface area contributed by atoms with Gasteiger partial charge in [-0.3, -0.25) is 0 Å². The summed E-state index contributed by atoms with van der Waals surface area (Å²) in [6.45, 7) is 1.13. The molecule has 92 valence electrons. The minimum atomic E-state index is -1.78. The molecule has 0 fully saturated rings. The molecule has 2 amide bonds. The summed E-state index contributed by atoms with van der Waals surface area (Å²) < 4.78 is 2.21. The Balaban J connectivity index is 3.74. The van der Waals surface area contributed by atoms with Gasteiger partial charge in [0.15, 0.2) is 0 Å². The number of hydrogen-bond donors (Lipinski definition) is 2. The van der Waals surface area contributed by atoms with Crippen molar-refractivity contribution in [2.45, 2.75) is 6.92 Å². The second kappa shape index (κ2) is 7.67. The number of hydrogen-bond acceptors (Lipinski definition) is 7. The summed E-state index contributed by atoms with van der Waals surface area (Å²) in [4.78, 5) is 50.8. The summed E-state index contributed by atoms with van der Waals surface area (Å²) in [5.74, 6) is -0.585. The Morgan fingerprint density at radius 3 is 1.94 bits per heavy atom. The van der Waals surface area contributed by atoms with Crippen LogP contribution >= 0.6 is 0 Å². The second-order valence-electron chi connectivity index (χ2n) is 2.03. The molecule has 0 aromatic heterocycles. The second-order valence-corrected chi connectivity index (χ2v) is 4.33. The van der Waals surface area contributed by atoms with E-state index in [0.717, 1.165) is 14.0 Å². The van der Waals surface area contributed by atoms with Crippen molar-refractivity contribution in [2.75, 3.05) is 7.11 Å². The number of ether oxygens (including phenoxy) is 1. The van der Waals surface area contributed by atoms with Crippen molar-refractivity contribution in [3.05, 3.63) is 0 Å². The van der Waals surface area contributed by atoms with Gasteiger partial charge in [-0.1, -0.05) is 0 Å². The van der Waals surface area contributed by atoms with Crippen LogP contribution in [-0.2, 0) is 19.2 Å². The fourth-order valence-electron chi connectivity index (χ4n) is 0.337. The van der Waals surface area contributed by atoms with E-state index < -0.39 is 41.2 Å². The van der Waals surface area contributed by atoms with E-state index in [4.69, 9.17) is 0 Å². The third-order valence-electron chi connectivity index (χ3n) is 0.829. The Hall–Kier alpha value is -1.59. The fourth-order valence-corrected chi connectivity index (χ4v) is 1.14. The number of rotatable bonds is 2. The van der Waals surface area contributed by atoms with E-state index in [2.05, 4.69) is 14.4 Å². The minimum absolute atomic E-state index is 0.585. The summed E-state index contributed by atoms with van der Waals surface area (Å²) >= 11 is -1.78. The third kappa shape index (κ3) is 7.78. The predicted octanol–water partition coefficient (Wildman–Crippen LogP) is -3.33. The molecule has 0 aromatic rings. The van der Waals surface area contributed by atoms with Crippen molar-refractivity contribution in [3.8, 4) is 0 Å². The average Bonchev–Trinajstić information content (AvgIpc) is 2.23. The van der Waals surface area contributed by atoms with Gasteiger partial charge in [-0.2, -0.15) is 0 Å². The molecule has 0 saturated carbocycles. The molecule has 0 spiro atoms. The molecule has 9 nitrogen and oxygen atoms in total. The van der Waals surface area contributed by atoms with E-state index in [1.807, 2.05) is 0 Å². The van der Waals surface area contributed by atoms with Gasteiger partial charge in [0.25, 0.3) is 0 Å². The number of amides is 2. The van der Waals surface area contributed by atoms with Crippen molar-refractivity contribution >= 4 is 20.0 Å².